The van der Waals surface area contributed by atoms with Gasteiger partial charge in [0.25, 0.3) is 10.0 Å². The van der Waals surface area contributed by atoms with E-state index in [0.717, 1.165) is 21.9 Å². The van der Waals surface area contributed by atoms with Crippen LogP contribution < -0.4 is 10.0 Å². The molecule has 2 aromatic heterocycles. The zero-order valence-electron chi connectivity index (χ0n) is 12.0. The molecule has 21 heavy (non-hydrogen) atoms. The van der Waals surface area contributed by atoms with E-state index >= 15 is 0 Å². The molecule has 0 aliphatic carbocycles. The van der Waals surface area contributed by atoms with E-state index in [1.54, 1.807) is 18.5 Å². The summed E-state index contributed by atoms with van der Waals surface area (Å²) in [6, 6.07) is 3.25. The highest BCUT2D eigenvalue weighted by Crippen LogP contribution is 2.14. The molecule has 0 unspecified atom stereocenters. The quantitative estimate of drug-likeness (QED) is 0.801. The van der Waals surface area contributed by atoms with Gasteiger partial charge >= 0.3 is 0 Å². The van der Waals surface area contributed by atoms with Crippen LogP contribution in [0, 0.1) is 0 Å². The van der Waals surface area contributed by atoms with Crippen LogP contribution in [-0.4, -0.2) is 25.4 Å². The van der Waals surface area contributed by atoms with Crippen molar-refractivity contribution in [3.05, 3.63) is 40.0 Å². The van der Waals surface area contributed by atoms with Crippen LogP contribution in [0.3, 0.4) is 0 Å². The van der Waals surface area contributed by atoms with E-state index in [9.17, 15) is 8.42 Å². The lowest BCUT2D eigenvalue weighted by Gasteiger charge is -2.05. The fourth-order valence-electron chi connectivity index (χ4n) is 1.70. The minimum atomic E-state index is -3.60. The van der Waals surface area contributed by atoms with Gasteiger partial charge in [-0.1, -0.05) is 13.0 Å². The molecule has 6 nitrogen and oxygen atoms in total. The van der Waals surface area contributed by atoms with Crippen molar-refractivity contribution < 1.29 is 8.42 Å². The summed E-state index contributed by atoms with van der Waals surface area (Å²) in [7, 11) is -1.78. The number of hydrogen-bond acceptors (Lipinski definition) is 6. The zero-order valence-corrected chi connectivity index (χ0v) is 13.6. The first-order chi connectivity index (χ1) is 10.0. The number of hydrogen-bond donors (Lipinski definition) is 2. The second kappa shape index (κ2) is 7.08. The Kier molecular flexibility index (Phi) is 5.40. The molecule has 2 aromatic rings. The SMILES string of the molecule is CCc1cnc(CNS(=O)(=O)c2ccc(CNC)cn2)s1. The van der Waals surface area contributed by atoms with E-state index in [-0.39, 0.29) is 11.6 Å². The highest BCUT2D eigenvalue weighted by Gasteiger charge is 2.16. The van der Waals surface area contributed by atoms with Crippen molar-refractivity contribution in [2.24, 2.45) is 0 Å². The number of thiazole rings is 1. The van der Waals surface area contributed by atoms with Crippen LogP contribution >= 0.6 is 11.3 Å². The minimum absolute atomic E-state index is 0.0228. The van der Waals surface area contributed by atoms with Gasteiger partial charge in [0.15, 0.2) is 5.03 Å². The standard InChI is InChI=1S/C13H18N4O2S2/c1-3-11-8-15-12(20-11)9-17-21(18,19)13-5-4-10(6-14-2)7-16-13/h4-5,7-8,14,17H,3,6,9H2,1-2H3. The third-order valence-corrected chi connectivity index (χ3v) is 5.28. The van der Waals surface area contributed by atoms with Gasteiger partial charge in [-0.25, -0.2) is 23.1 Å². The van der Waals surface area contributed by atoms with Crippen molar-refractivity contribution in [2.75, 3.05) is 7.05 Å². The molecule has 2 heterocycles. The van der Waals surface area contributed by atoms with E-state index in [4.69, 9.17) is 0 Å². The summed E-state index contributed by atoms with van der Waals surface area (Å²) in [4.78, 5) is 9.32. The van der Waals surface area contributed by atoms with E-state index in [1.807, 2.05) is 14.0 Å². The second-order valence-electron chi connectivity index (χ2n) is 4.43. The Balaban J connectivity index is 2.03. The third kappa shape index (κ3) is 4.31. The summed E-state index contributed by atoms with van der Waals surface area (Å²) in [5, 5.41) is 3.76. The lowest BCUT2D eigenvalue weighted by atomic mass is 10.3. The first-order valence-electron chi connectivity index (χ1n) is 6.58. The van der Waals surface area contributed by atoms with E-state index in [1.165, 1.54) is 17.4 Å². The molecule has 0 spiro atoms. The molecular formula is C13H18N4O2S2. The topological polar surface area (TPSA) is 84.0 Å². The molecular weight excluding hydrogens is 308 g/mol. The Bertz CT molecular complexity index is 680. The maximum absolute atomic E-state index is 12.1. The Morgan fingerprint density at radius 2 is 2.00 bits per heavy atom. The minimum Gasteiger partial charge on any atom is -0.316 e. The summed E-state index contributed by atoms with van der Waals surface area (Å²) < 4.78 is 26.8. The van der Waals surface area contributed by atoms with Crippen LogP contribution in [0.5, 0.6) is 0 Å². The largest absolute Gasteiger partial charge is 0.316 e. The lowest BCUT2D eigenvalue weighted by molar-refractivity contribution is 0.577. The molecule has 0 aromatic carbocycles. The van der Waals surface area contributed by atoms with Crippen molar-refractivity contribution in [3.63, 3.8) is 0 Å². The van der Waals surface area contributed by atoms with E-state index in [2.05, 4.69) is 20.0 Å². The number of nitrogens with one attached hydrogen (secondary N) is 2. The smallest absolute Gasteiger partial charge is 0.258 e. The van der Waals surface area contributed by atoms with Crippen molar-refractivity contribution >= 4 is 21.4 Å². The van der Waals surface area contributed by atoms with Gasteiger partial charge in [-0.2, -0.15) is 0 Å². The Morgan fingerprint density at radius 1 is 1.19 bits per heavy atom. The highest BCUT2D eigenvalue weighted by molar-refractivity contribution is 7.89. The normalized spacial score (nSPS) is 11.7. The number of pyridine rings is 1. The van der Waals surface area contributed by atoms with Gasteiger partial charge in [-0.15, -0.1) is 11.3 Å². The molecule has 2 N–H and O–H groups in total. The summed E-state index contributed by atoms with van der Waals surface area (Å²) in [6.07, 6.45) is 4.24. The summed E-state index contributed by atoms with van der Waals surface area (Å²) >= 11 is 1.51. The Morgan fingerprint density at radius 3 is 2.57 bits per heavy atom. The van der Waals surface area contributed by atoms with Gasteiger partial charge in [-0.05, 0) is 25.1 Å². The zero-order chi connectivity index (χ0) is 15.3. The first-order valence-corrected chi connectivity index (χ1v) is 8.88. The lowest BCUT2D eigenvalue weighted by Crippen LogP contribution is -2.24. The second-order valence-corrected chi connectivity index (χ2v) is 7.35. The van der Waals surface area contributed by atoms with E-state index < -0.39 is 10.0 Å². The van der Waals surface area contributed by atoms with Crippen LogP contribution in [0.2, 0.25) is 0 Å². The maximum atomic E-state index is 12.1. The highest BCUT2D eigenvalue weighted by atomic mass is 32.2. The molecule has 8 heteroatoms. The number of sulfonamides is 1. The van der Waals surface area contributed by atoms with Gasteiger partial charge in [0.05, 0.1) is 6.54 Å². The fourth-order valence-corrected chi connectivity index (χ4v) is 3.51. The summed E-state index contributed by atoms with van der Waals surface area (Å²) in [5.74, 6) is 0. The Labute approximate surface area is 128 Å². The fraction of sp³-hybridized carbons (Fsp3) is 0.385. The molecule has 0 bridgehead atoms. The number of rotatable bonds is 7. The molecule has 0 aliphatic rings. The van der Waals surface area contributed by atoms with Gasteiger partial charge in [-0.3, -0.25) is 0 Å². The predicted molar refractivity (Wildman–Crippen MR) is 82.5 cm³/mol. The van der Waals surface area contributed by atoms with Crippen molar-refractivity contribution in [2.45, 2.75) is 31.5 Å². The predicted octanol–water partition coefficient (Wildman–Crippen LogP) is 1.30. The number of aryl methyl sites for hydroxylation is 1. The van der Waals surface area contributed by atoms with Crippen molar-refractivity contribution in [1.29, 1.82) is 0 Å². The number of aromatic nitrogens is 2. The average molecular weight is 326 g/mol. The maximum Gasteiger partial charge on any atom is 0.258 e. The van der Waals surface area contributed by atoms with Crippen LogP contribution in [0.15, 0.2) is 29.6 Å². The van der Waals surface area contributed by atoms with Crippen LogP contribution in [0.4, 0.5) is 0 Å². The van der Waals surface area contributed by atoms with Gasteiger partial charge in [0, 0.05) is 23.8 Å². The third-order valence-electron chi connectivity index (χ3n) is 2.82. The summed E-state index contributed by atoms with van der Waals surface area (Å²) in [6.45, 7) is 2.88. The molecule has 114 valence electrons. The van der Waals surface area contributed by atoms with Crippen LogP contribution in [0.1, 0.15) is 22.4 Å². The summed E-state index contributed by atoms with van der Waals surface area (Å²) in [5.41, 5.74) is 0.934. The molecule has 0 amide bonds. The van der Waals surface area contributed by atoms with Crippen molar-refractivity contribution in [1.82, 2.24) is 20.0 Å². The molecule has 0 saturated heterocycles. The molecule has 0 fully saturated rings. The molecule has 0 aliphatic heterocycles. The number of nitrogens with zero attached hydrogens (tertiary/aromatic N) is 2. The molecule has 0 radical (unpaired) electrons. The monoisotopic (exact) mass is 326 g/mol. The van der Waals surface area contributed by atoms with Gasteiger partial charge in [0.2, 0.25) is 0 Å². The van der Waals surface area contributed by atoms with Gasteiger partial charge < -0.3 is 5.32 Å². The average Bonchev–Trinajstić information content (AvgIpc) is 2.94. The Hall–Kier alpha value is -1.35. The van der Waals surface area contributed by atoms with Gasteiger partial charge in [0.1, 0.15) is 5.01 Å². The molecule has 0 atom stereocenters. The van der Waals surface area contributed by atoms with E-state index in [0.29, 0.717) is 6.54 Å². The van der Waals surface area contributed by atoms with Crippen LogP contribution in [0.25, 0.3) is 0 Å². The van der Waals surface area contributed by atoms with Crippen molar-refractivity contribution in [3.8, 4) is 0 Å². The first kappa shape index (κ1) is 16.0. The van der Waals surface area contributed by atoms with Crippen LogP contribution in [-0.2, 0) is 29.5 Å². The molecule has 0 saturated carbocycles. The molecule has 2 rings (SSSR count).